The second kappa shape index (κ2) is 6.80. The molecule has 1 amide bonds. The summed E-state index contributed by atoms with van der Waals surface area (Å²) in [5.74, 6) is 0.00695. The third kappa shape index (κ3) is 4.75. The van der Waals surface area contributed by atoms with E-state index in [0.29, 0.717) is 6.54 Å². The zero-order chi connectivity index (χ0) is 11.8. The molecule has 0 fully saturated rings. The minimum Gasteiger partial charge on any atom is -0.358 e. The first-order valence-electron chi connectivity index (χ1n) is 5.36. The molecule has 0 unspecified atom stereocenters. The highest BCUT2D eigenvalue weighted by molar-refractivity contribution is 5.77. The van der Waals surface area contributed by atoms with E-state index < -0.39 is 0 Å². The molecule has 86 valence electrons. The predicted molar refractivity (Wildman–Crippen MR) is 67.0 cm³/mol. The molecule has 0 saturated carbocycles. The largest absolute Gasteiger partial charge is 0.358 e. The number of hydrogen-bond donors (Lipinski definition) is 2. The quantitative estimate of drug-likeness (QED) is 0.785. The molecule has 0 saturated heterocycles. The molecule has 2 N–H and O–H groups in total. The normalized spacial score (nSPS) is 11.2. The van der Waals surface area contributed by atoms with Crippen molar-refractivity contribution in [3.63, 3.8) is 0 Å². The van der Waals surface area contributed by atoms with E-state index in [-0.39, 0.29) is 5.91 Å². The summed E-state index contributed by atoms with van der Waals surface area (Å²) >= 11 is 0. The second-order valence-corrected chi connectivity index (χ2v) is 3.68. The zero-order valence-electron chi connectivity index (χ0n) is 9.79. The SMILES string of the molecule is CNC(=O)CNC/C(C)=C/c1ccccc1. The molecule has 0 spiro atoms. The average Bonchev–Trinajstić information content (AvgIpc) is 2.30. The number of amides is 1. The Morgan fingerprint density at radius 2 is 1.94 bits per heavy atom. The first kappa shape index (κ1) is 12.5. The van der Waals surface area contributed by atoms with E-state index in [4.69, 9.17) is 0 Å². The van der Waals surface area contributed by atoms with E-state index in [1.807, 2.05) is 25.1 Å². The van der Waals surface area contributed by atoms with E-state index in [1.54, 1.807) is 7.05 Å². The van der Waals surface area contributed by atoms with E-state index in [2.05, 4.69) is 28.8 Å². The van der Waals surface area contributed by atoms with Crippen molar-refractivity contribution in [3.05, 3.63) is 41.5 Å². The highest BCUT2D eigenvalue weighted by Crippen LogP contribution is 2.04. The fraction of sp³-hybridized carbons (Fsp3) is 0.308. The lowest BCUT2D eigenvalue weighted by molar-refractivity contribution is -0.119. The van der Waals surface area contributed by atoms with Gasteiger partial charge in [-0.25, -0.2) is 0 Å². The fourth-order valence-corrected chi connectivity index (χ4v) is 1.35. The number of carbonyl (C=O) groups excluding carboxylic acids is 1. The highest BCUT2D eigenvalue weighted by atomic mass is 16.1. The monoisotopic (exact) mass is 218 g/mol. The summed E-state index contributed by atoms with van der Waals surface area (Å²) in [6.45, 7) is 3.13. The topological polar surface area (TPSA) is 41.1 Å². The third-order valence-corrected chi connectivity index (χ3v) is 2.18. The molecular formula is C13H18N2O. The van der Waals surface area contributed by atoms with Gasteiger partial charge in [0, 0.05) is 13.6 Å². The van der Waals surface area contributed by atoms with Crippen LogP contribution < -0.4 is 10.6 Å². The van der Waals surface area contributed by atoms with Crippen LogP contribution in [0.1, 0.15) is 12.5 Å². The maximum Gasteiger partial charge on any atom is 0.233 e. The van der Waals surface area contributed by atoms with Crippen molar-refractivity contribution < 1.29 is 4.79 Å². The molecule has 3 heteroatoms. The van der Waals surface area contributed by atoms with Crippen LogP contribution in [0.2, 0.25) is 0 Å². The van der Waals surface area contributed by atoms with Crippen molar-refractivity contribution >= 4 is 12.0 Å². The molecule has 0 atom stereocenters. The van der Waals surface area contributed by atoms with Crippen LogP contribution in [-0.2, 0) is 4.79 Å². The summed E-state index contributed by atoms with van der Waals surface area (Å²) in [6, 6.07) is 10.1. The van der Waals surface area contributed by atoms with Crippen LogP contribution in [0.3, 0.4) is 0 Å². The molecule has 0 aromatic heterocycles. The summed E-state index contributed by atoms with van der Waals surface area (Å²) in [5.41, 5.74) is 2.39. The molecule has 0 bridgehead atoms. The van der Waals surface area contributed by atoms with Gasteiger partial charge in [0.15, 0.2) is 0 Å². The molecular weight excluding hydrogens is 200 g/mol. The van der Waals surface area contributed by atoms with Crippen molar-refractivity contribution in [3.8, 4) is 0 Å². The van der Waals surface area contributed by atoms with Crippen molar-refractivity contribution in [2.75, 3.05) is 20.1 Å². The van der Waals surface area contributed by atoms with Gasteiger partial charge in [-0.2, -0.15) is 0 Å². The smallest absolute Gasteiger partial charge is 0.233 e. The van der Waals surface area contributed by atoms with Crippen LogP contribution in [0.4, 0.5) is 0 Å². The lowest BCUT2D eigenvalue weighted by Crippen LogP contribution is -2.32. The minimum atomic E-state index is 0.00695. The van der Waals surface area contributed by atoms with Gasteiger partial charge in [-0.05, 0) is 12.5 Å². The number of hydrogen-bond acceptors (Lipinski definition) is 2. The van der Waals surface area contributed by atoms with Crippen molar-refractivity contribution in [1.29, 1.82) is 0 Å². The van der Waals surface area contributed by atoms with E-state index in [1.165, 1.54) is 11.1 Å². The summed E-state index contributed by atoms with van der Waals surface area (Å²) < 4.78 is 0. The maximum absolute atomic E-state index is 11.0. The van der Waals surface area contributed by atoms with E-state index in [9.17, 15) is 4.79 Å². The molecule has 0 heterocycles. The highest BCUT2D eigenvalue weighted by Gasteiger charge is 1.96. The molecule has 3 nitrogen and oxygen atoms in total. The van der Waals surface area contributed by atoms with E-state index in [0.717, 1.165) is 6.54 Å². The van der Waals surface area contributed by atoms with Gasteiger partial charge in [-0.3, -0.25) is 4.79 Å². The molecule has 0 radical (unpaired) electrons. The van der Waals surface area contributed by atoms with Crippen LogP contribution in [0.25, 0.3) is 6.08 Å². The third-order valence-electron chi connectivity index (χ3n) is 2.18. The molecule has 0 aliphatic heterocycles. The summed E-state index contributed by atoms with van der Waals surface area (Å²) in [6.07, 6.45) is 2.11. The van der Waals surface area contributed by atoms with Gasteiger partial charge < -0.3 is 10.6 Å². The molecule has 0 aliphatic rings. The van der Waals surface area contributed by atoms with E-state index >= 15 is 0 Å². The Kier molecular flexibility index (Phi) is 5.29. The van der Waals surface area contributed by atoms with Crippen LogP contribution in [0.15, 0.2) is 35.9 Å². The Morgan fingerprint density at radius 3 is 2.56 bits per heavy atom. The Morgan fingerprint density at radius 1 is 1.25 bits per heavy atom. The zero-order valence-corrected chi connectivity index (χ0v) is 9.79. The van der Waals surface area contributed by atoms with Gasteiger partial charge in [-0.15, -0.1) is 0 Å². The first-order chi connectivity index (χ1) is 7.72. The van der Waals surface area contributed by atoms with Gasteiger partial charge in [0.25, 0.3) is 0 Å². The maximum atomic E-state index is 11.0. The van der Waals surface area contributed by atoms with Gasteiger partial charge >= 0.3 is 0 Å². The lowest BCUT2D eigenvalue weighted by Gasteiger charge is -2.04. The minimum absolute atomic E-state index is 0.00695. The van der Waals surface area contributed by atoms with Crippen molar-refractivity contribution in [2.24, 2.45) is 0 Å². The van der Waals surface area contributed by atoms with Crippen LogP contribution in [-0.4, -0.2) is 26.0 Å². The number of rotatable bonds is 5. The number of benzene rings is 1. The summed E-state index contributed by atoms with van der Waals surface area (Å²) in [7, 11) is 1.64. The Labute approximate surface area is 96.6 Å². The van der Waals surface area contributed by atoms with Gasteiger partial charge in [0.1, 0.15) is 0 Å². The molecule has 0 aliphatic carbocycles. The predicted octanol–water partition coefficient (Wildman–Crippen LogP) is 1.43. The number of likely N-dealkylation sites (N-methyl/N-ethyl adjacent to an activating group) is 1. The number of carbonyl (C=O) groups is 1. The van der Waals surface area contributed by atoms with Gasteiger partial charge in [0.2, 0.25) is 5.91 Å². The molecule has 1 rings (SSSR count). The Hall–Kier alpha value is -1.61. The fourth-order valence-electron chi connectivity index (χ4n) is 1.35. The van der Waals surface area contributed by atoms with Crippen molar-refractivity contribution in [2.45, 2.75) is 6.92 Å². The van der Waals surface area contributed by atoms with Gasteiger partial charge in [0.05, 0.1) is 6.54 Å². The van der Waals surface area contributed by atoms with Crippen LogP contribution >= 0.6 is 0 Å². The van der Waals surface area contributed by atoms with Crippen LogP contribution in [0.5, 0.6) is 0 Å². The van der Waals surface area contributed by atoms with Crippen molar-refractivity contribution in [1.82, 2.24) is 10.6 Å². The summed E-state index contributed by atoms with van der Waals surface area (Å²) in [5, 5.41) is 5.64. The first-order valence-corrected chi connectivity index (χ1v) is 5.36. The second-order valence-electron chi connectivity index (χ2n) is 3.68. The Balaban J connectivity index is 2.38. The number of nitrogens with one attached hydrogen (secondary N) is 2. The van der Waals surface area contributed by atoms with Crippen LogP contribution in [0, 0.1) is 0 Å². The standard InChI is InChI=1S/C13H18N2O/c1-11(9-15-10-13(16)14-2)8-12-6-4-3-5-7-12/h3-8,15H,9-10H2,1-2H3,(H,14,16)/b11-8+. The lowest BCUT2D eigenvalue weighted by atomic mass is 10.1. The molecule has 1 aromatic rings. The molecule has 1 aromatic carbocycles. The summed E-state index contributed by atoms with van der Waals surface area (Å²) in [4.78, 5) is 11.0. The Bertz CT molecular complexity index is 357. The molecule has 16 heavy (non-hydrogen) atoms. The average molecular weight is 218 g/mol. The van der Waals surface area contributed by atoms with Gasteiger partial charge in [-0.1, -0.05) is 42.0 Å².